The molecule has 0 atom stereocenters. The van der Waals surface area contributed by atoms with Gasteiger partial charge in [0.25, 0.3) is 0 Å². The zero-order valence-electron chi connectivity index (χ0n) is 17.5. The van der Waals surface area contributed by atoms with Crippen LogP contribution in [-0.4, -0.2) is 32.4 Å². The average molecular weight is 379 g/mol. The summed E-state index contributed by atoms with van der Waals surface area (Å²) in [7, 11) is 0. The molecule has 0 fully saturated rings. The monoisotopic (exact) mass is 378 g/mol. The molecule has 0 saturated carbocycles. The fourth-order valence-electron chi connectivity index (χ4n) is 2.73. The number of aryl methyl sites for hydroxylation is 1. The normalized spacial score (nSPS) is 11.0. The Morgan fingerprint density at radius 3 is 2.15 bits per heavy atom. The molecule has 1 rings (SSSR count). The summed E-state index contributed by atoms with van der Waals surface area (Å²) in [6.45, 7) is 7.57. The number of benzene rings is 1. The molecule has 0 spiro atoms. The van der Waals surface area contributed by atoms with Crippen molar-refractivity contribution in [1.29, 1.82) is 0 Å². The first-order valence-corrected chi connectivity index (χ1v) is 10.6. The molecular formula is C23H38O4. The van der Waals surface area contributed by atoms with Gasteiger partial charge in [-0.1, -0.05) is 71.4 Å². The van der Waals surface area contributed by atoms with E-state index in [1.54, 1.807) is 0 Å². The lowest BCUT2D eigenvalue weighted by Crippen LogP contribution is -2.16. The van der Waals surface area contributed by atoms with E-state index in [1.165, 1.54) is 50.5 Å². The minimum Gasteiger partial charge on any atom is -0.491 e. The van der Waals surface area contributed by atoms with Crippen LogP contribution in [0, 0.1) is 5.92 Å². The predicted molar refractivity (Wildman–Crippen MR) is 110 cm³/mol. The van der Waals surface area contributed by atoms with Gasteiger partial charge in [0.05, 0.1) is 19.1 Å². The highest BCUT2D eigenvalue weighted by Crippen LogP contribution is 2.15. The van der Waals surface area contributed by atoms with Gasteiger partial charge in [-0.25, -0.2) is 0 Å². The number of hydrogen-bond donors (Lipinski definition) is 0. The van der Waals surface area contributed by atoms with E-state index in [9.17, 15) is 4.79 Å². The summed E-state index contributed by atoms with van der Waals surface area (Å²) in [5.74, 6) is 0.585. The second-order valence-corrected chi connectivity index (χ2v) is 7.30. The van der Waals surface area contributed by atoms with E-state index in [0.717, 1.165) is 12.2 Å². The summed E-state index contributed by atoms with van der Waals surface area (Å²) < 4.78 is 16.1. The molecule has 0 aliphatic heterocycles. The molecule has 0 aliphatic carbocycles. The molecule has 4 heteroatoms. The standard InChI is InChI=1S/C23H38O4/c1-4-5-6-7-8-9-10-11-21-12-14-22(15-13-21)26-18-16-25-17-19-27-23(24)20(2)3/h12-15,20H,4-11,16-19H2,1-3H3. The van der Waals surface area contributed by atoms with Crippen molar-refractivity contribution in [2.75, 3.05) is 26.4 Å². The lowest BCUT2D eigenvalue weighted by Gasteiger charge is -2.09. The van der Waals surface area contributed by atoms with Crippen molar-refractivity contribution in [1.82, 2.24) is 0 Å². The highest BCUT2D eigenvalue weighted by atomic mass is 16.6. The SMILES string of the molecule is CCCCCCCCCc1ccc(OCCOCCOC(=O)C(C)C)cc1. The molecule has 0 amide bonds. The molecule has 154 valence electrons. The zero-order valence-corrected chi connectivity index (χ0v) is 17.5. The van der Waals surface area contributed by atoms with Crippen LogP contribution in [0.15, 0.2) is 24.3 Å². The molecule has 4 nitrogen and oxygen atoms in total. The van der Waals surface area contributed by atoms with Crippen molar-refractivity contribution in [3.05, 3.63) is 29.8 Å². The van der Waals surface area contributed by atoms with Crippen molar-refractivity contribution in [3.63, 3.8) is 0 Å². The van der Waals surface area contributed by atoms with Gasteiger partial charge >= 0.3 is 5.97 Å². The number of carbonyl (C=O) groups is 1. The van der Waals surface area contributed by atoms with Gasteiger partial charge in [-0.3, -0.25) is 4.79 Å². The van der Waals surface area contributed by atoms with E-state index in [4.69, 9.17) is 14.2 Å². The van der Waals surface area contributed by atoms with Crippen LogP contribution in [0.1, 0.15) is 71.3 Å². The maximum atomic E-state index is 11.3. The summed E-state index contributed by atoms with van der Waals surface area (Å²) in [4.78, 5) is 11.3. The van der Waals surface area contributed by atoms with Crippen molar-refractivity contribution in [3.8, 4) is 5.75 Å². The fraction of sp³-hybridized carbons (Fsp3) is 0.696. The van der Waals surface area contributed by atoms with Gasteiger partial charge in [0.2, 0.25) is 0 Å². The lowest BCUT2D eigenvalue weighted by atomic mass is 10.0. The first-order valence-electron chi connectivity index (χ1n) is 10.6. The van der Waals surface area contributed by atoms with Crippen LogP contribution >= 0.6 is 0 Å². The van der Waals surface area contributed by atoms with Crippen LogP contribution in [0.2, 0.25) is 0 Å². The number of hydrogen-bond acceptors (Lipinski definition) is 4. The van der Waals surface area contributed by atoms with Crippen molar-refractivity contribution in [2.24, 2.45) is 5.92 Å². The Bertz CT molecular complexity index is 482. The quantitative estimate of drug-likeness (QED) is 0.278. The van der Waals surface area contributed by atoms with Gasteiger partial charge in [0.15, 0.2) is 0 Å². The van der Waals surface area contributed by atoms with E-state index < -0.39 is 0 Å². The molecule has 0 unspecified atom stereocenters. The van der Waals surface area contributed by atoms with Gasteiger partial charge in [0, 0.05) is 0 Å². The van der Waals surface area contributed by atoms with Gasteiger partial charge in [-0.2, -0.15) is 0 Å². The Labute approximate surface area is 165 Å². The first-order chi connectivity index (χ1) is 13.1. The van der Waals surface area contributed by atoms with Crippen molar-refractivity contribution < 1.29 is 19.0 Å². The Morgan fingerprint density at radius 1 is 0.852 bits per heavy atom. The first kappa shape index (κ1) is 23.5. The summed E-state index contributed by atoms with van der Waals surface area (Å²) in [5, 5.41) is 0. The van der Waals surface area contributed by atoms with Crippen LogP contribution in [-0.2, 0) is 20.7 Å². The number of carbonyl (C=O) groups excluding carboxylic acids is 1. The third-order valence-corrected chi connectivity index (χ3v) is 4.43. The Hall–Kier alpha value is -1.55. The second kappa shape index (κ2) is 15.5. The minimum absolute atomic E-state index is 0.0953. The van der Waals surface area contributed by atoms with Gasteiger partial charge < -0.3 is 14.2 Å². The van der Waals surface area contributed by atoms with E-state index in [-0.39, 0.29) is 11.9 Å². The van der Waals surface area contributed by atoms with Gasteiger partial charge in [-0.05, 0) is 30.5 Å². The predicted octanol–water partition coefficient (Wildman–Crippen LogP) is 5.57. The van der Waals surface area contributed by atoms with Crippen LogP contribution in [0.5, 0.6) is 5.75 Å². The lowest BCUT2D eigenvalue weighted by molar-refractivity contribution is -0.148. The third-order valence-electron chi connectivity index (χ3n) is 4.43. The smallest absolute Gasteiger partial charge is 0.308 e. The maximum Gasteiger partial charge on any atom is 0.308 e. The Balaban J connectivity index is 2.02. The second-order valence-electron chi connectivity index (χ2n) is 7.30. The van der Waals surface area contributed by atoms with E-state index in [2.05, 4.69) is 19.1 Å². The van der Waals surface area contributed by atoms with Gasteiger partial charge in [0.1, 0.15) is 19.0 Å². The number of ether oxygens (including phenoxy) is 3. The Morgan fingerprint density at radius 2 is 1.48 bits per heavy atom. The Kier molecular flexibility index (Phi) is 13.5. The molecule has 0 heterocycles. The molecule has 27 heavy (non-hydrogen) atoms. The van der Waals surface area contributed by atoms with E-state index in [0.29, 0.717) is 26.4 Å². The van der Waals surface area contributed by atoms with Crippen LogP contribution in [0.25, 0.3) is 0 Å². The molecule has 0 aliphatic rings. The molecule has 0 bridgehead atoms. The zero-order chi connectivity index (χ0) is 19.7. The third kappa shape index (κ3) is 12.5. The maximum absolute atomic E-state index is 11.3. The van der Waals surface area contributed by atoms with Crippen LogP contribution in [0.3, 0.4) is 0 Å². The van der Waals surface area contributed by atoms with Gasteiger partial charge in [-0.15, -0.1) is 0 Å². The summed E-state index contributed by atoms with van der Waals surface area (Å²) in [6.07, 6.45) is 10.5. The fourth-order valence-corrected chi connectivity index (χ4v) is 2.73. The van der Waals surface area contributed by atoms with Crippen molar-refractivity contribution >= 4 is 5.97 Å². The number of unbranched alkanes of at least 4 members (excludes halogenated alkanes) is 6. The summed E-state index contributed by atoms with van der Waals surface area (Å²) in [5.41, 5.74) is 1.37. The largest absolute Gasteiger partial charge is 0.491 e. The summed E-state index contributed by atoms with van der Waals surface area (Å²) in [6, 6.07) is 8.36. The molecule has 1 aromatic carbocycles. The minimum atomic E-state index is -0.188. The average Bonchev–Trinajstić information content (AvgIpc) is 2.67. The van der Waals surface area contributed by atoms with Crippen LogP contribution < -0.4 is 4.74 Å². The molecular weight excluding hydrogens is 340 g/mol. The highest BCUT2D eigenvalue weighted by molar-refractivity contribution is 5.71. The van der Waals surface area contributed by atoms with Crippen molar-refractivity contribution in [2.45, 2.75) is 72.1 Å². The van der Waals surface area contributed by atoms with Crippen LogP contribution in [0.4, 0.5) is 0 Å². The highest BCUT2D eigenvalue weighted by Gasteiger charge is 2.07. The molecule has 0 aromatic heterocycles. The van der Waals surface area contributed by atoms with E-state index >= 15 is 0 Å². The molecule has 1 aromatic rings. The number of rotatable bonds is 16. The topological polar surface area (TPSA) is 44.8 Å². The molecule has 0 N–H and O–H groups in total. The number of esters is 1. The molecule has 0 saturated heterocycles. The van der Waals surface area contributed by atoms with E-state index in [1.807, 2.05) is 26.0 Å². The summed E-state index contributed by atoms with van der Waals surface area (Å²) >= 11 is 0. The molecule has 0 radical (unpaired) electrons.